The first kappa shape index (κ1) is 7.16. The Labute approximate surface area is 70.5 Å². The second-order valence-electron chi connectivity index (χ2n) is 2.58. The zero-order valence-electron chi connectivity index (χ0n) is 6.86. The van der Waals surface area contributed by atoms with E-state index in [0.717, 1.165) is 17.5 Å². The average Bonchev–Trinajstić information content (AvgIpc) is 2.17. The van der Waals surface area contributed by atoms with Gasteiger partial charge >= 0.3 is 0 Å². The van der Waals surface area contributed by atoms with Crippen LogP contribution in [0.1, 0.15) is 12.5 Å². The molecule has 0 atom stereocenters. The molecule has 2 aromatic heterocycles. The minimum absolute atomic E-state index is 0.872. The molecule has 60 valence electrons. The SMILES string of the molecule is CCc1ccnc2cncnc12. The summed E-state index contributed by atoms with van der Waals surface area (Å²) in [6.45, 7) is 2.11. The van der Waals surface area contributed by atoms with Crippen LogP contribution in [0.2, 0.25) is 0 Å². The molecule has 0 aliphatic heterocycles. The zero-order chi connectivity index (χ0) is 8.39. The summed E-state index contributed by atoms with van der Waals surface area (Å²) in [5.74, 6) is 0. The zero-order valence-corrected chi connectivity index (χ0v) is 6.86. The van der Waals surface area contributed by atoms with Crippen LogP contribution in [0.15, 0.2) is 24.8 Å². The molecular formula is C9H9N3. The van der Waals surface area contributed by atoms with E-state index in [0.29, 0.717) is 0 Å². The van der Waals surface area contributed by atoms with Crippen molar-refractivity contribution in [1.29, 1.82) is 0 Å². The van der Waals surface area contributed by atoms with Crippen molar-refractivity contribution in [3.05, 3.63) is 30.4 Å². The van der Waals surface area contributed by atoms with Gasteiger partial charge in [0.2, 0.25) is 0 Å². The van der Waals surface area contributed by atoms with E-state index in [-0.39, 0.29) is 0 Å². The molecule has 0 spiro atoms. The van der Waals surface area contributed by atoms with Crippen molar-refractivity contribution in [3.8, 4) is 0 Å². The molecule has 0 fully saturated rings. The summed E-state index contributed by atoms with van der Waals surface area (Å²) in [5, 5.41) is 0. The summed E-state index contributed by atoms with van der Waals surface area (Å²) < 4.78 is 0. The molecule has 0 bridgehead atoms. The van der Waals surface area contributed by atoms with Gasteiger partial charge in [0.1, 0.15) is 11.8 Å². The molecule has 0 unspecified atom stereocenters. The molecule has 2 aromatic rings. The fourth-order valence-corrected chi connectivity index (χ4v) is 1.24. The highest BCUT2D eigenvalue weighted by molar-refractivity contribution is 5.76. The van der Waals surface area contributed by atoms with Gasteiger partial charge in [-0.15, -0.1) is 0 Å². The highest BCUT2D eigenvalue weighted by atomic mass is 14.8. The normalized spacial score (nSPS) is 10.4. The number of pyridine rings is 1. The predicted octanol–water partition coefficient (Wildman–Crippen LogP) is 1.59. The van der Waals surface area contributed by atoms with E-state index >= 15 is 0 Å². The Hall–Kier alpha value is -1.51. The molecule has 0 amide bonds. The minimum atomic E-state index is 0.872. The first-order chi connectivity index (χ1) is 5.92. The Morgan fingerprint density at radius 3 is 3.08 bits per heavy atom. The van der Waals surface area contributed by atoms with Gasteiger partial charge < -0.3 is 0 Å². The second-order valence-corrected chi connectivity index (χ2v) is 2.58. The van der Waals surface area contributed by atoms with Crippen molar-refractivity contribution < 1.29 is 0 Å². The first-order valence-corrected chi connectivity index (χ1v) is 3.95. The van der Waals surface area contributed by atoms with Gasteiger partial charge in [0.05, 0.1) is 11.7 Å². The third-order valence-corrected chi connectivity index (χ3v) is 1.87. The highest BCUT2D eigenvalue weighted by Gasteiger charge is 1.99. The summed E-state index contributed by atoms with van der Waals surface area (Å²) in [6.07, 6.45) is 6.07. The third-order valence-electron chi connectivity index (χ3n) is 1.87. The molecule has 0 radical (unpaired) electrons. The Morgan fingerprint density at radius 2 is 2.25 bits per heavy atom. The Balaban J connectivity index is 2.79. The maximum Gasteiger partial charge on any atom is 0.116 e. The molecule has 2 heterocycles. The van der Waals surface area contributed by atoms with Crippen molar-refractivity contribution in [2.45, 2.75) is 13.3 Å². The minimum Gasteiger partial charge on any atom is -0.253 e. The van der Waals surface area contributed by atoms with Crippen LogP contribution in [0.3, 0.4) is 0 Å². The lowest BCUT2D eigenvalue weighted by molar-refractivity contribution is 1.11. The molecule has 12 heavy (non-hydrogen) atoms. The number of nitrogens with zero attached hydrogens (tertiary/aromatic N) is 3. The van der Waals surface area contributed by atoms with Gasteiger partial charge in [0.15, 0.2) is 0 Å². The maximum atomic E-state index is 4.18. The molecule has 0 aliphatic rings. The van der Waals surface area contributed by atoms with Crippen molar-refractivity contribution in [2.75, 3.05) is 0 Å². The summed E-state index contributed by atoms with van der Waals surface area (Å²) in [7, 11) is 0. The first-order valence-electron chi connectivity index (χ1n) is 3.95. The molecule has 2 rings (SSSR count). The van der Waals surface area contributed by atoms with Crippen LogP contribution in [-0.2, 0) is 6.42 Å². The molecule has 0 aliphatic carbocycles. The molecule has 3 heteroatoms. The van der Waals surface area contributed by atoms with E-state index in [1.165, 1.54) is 5.56 Å². The van der Waals surface area contributed by atoms with Gasteiger partial charge in [0, 0.05) is 6.20 Å². The van der Waals surface area contributed by atoms with Gasteiger partial charge in [-0.25, -0.2) is 9.97 Å². The Kier molecular flexibility index (Phi) is 1.70. The topological polar surface area (TPSA) is 38.7 Å². The van der Waals surface area contributed by atoms with E-state index in [2.05, 4.69) is 21.9 Å². The van der Waals surface area contributed by atoms with Crippen LogP contribution in [0, 0.1) is 0 Å². The van der Waals surface area contributed by atoms with Crippen LogP contribution in [0.5, 0.6) is 0 Å². The molecule has 0 N–H and O–H groups in total. The largest absolute Gasteiger partial charge is 0.253 e. The van der Waals surface area contributed by atoms with Crippen LogP contribution < -0.4 is 0 Å². The quantitative estimate of drug-likeness (QED) is 0.634. The number of rotatable bonds is 1. The van der Waals surface area contributed by atoms with E-state index in [1.54, 1.807) is 18.7 Å². The number of hydrogen-bond acceptors (Lipinski definition) is 3. The molecule has 0 saturated carbocycles. The number of aromatic nitrogens is 3. The second kappa shape index (κ2) is 2.85. The molecular weight excluding hydrogens is 150 g/mol. The van der Waals surface area contributed by atoms with Crippen LogP contribution in [-0.4, -0.2) is 15.0 Å². The van der Waals surface area contributed by atoms with Crippen molar-refractivity contribution >= 4 is 11.0 Å². The molecule has 0 aromatic carbocycles. The van der Waals surface area contributed by atoms with Crippen LogP contribution in [0.25, 0.3) is 11.0 Å². The standard InChI is InChI=1S/C9H9N3/c1-2-7-3-4-11-8-5-10-6-12-9(7)8/h3-6H,2H2,1H3. The van der Waals surface area contributed by atoms with Gasteiger partial charge in [-0.2, -0.15) is 0 Å². The van der Waals surface area contributed by atoms with Crippen molar-refractivity contribution in [1.82, 2.24) is 15.0 Å². The van der Waals surface area contributed by atoms with E-state index in [1.807, 2.05) is 6.07 Å². The number of fused-ring (bicyclic) bond motifs is 1. The van der Waals surface area contributed by atoms with Gasteiger partial charge in [-0.1, -0.05) is 6.92 Å². The van der Waals surface area contributed by atoms with E-state index < -0.39 is 0 Å². The number of hydrogen-bond donors (Lipinski definition) is 0. The van der Waals surface area contributed by atoms with Crippen LogP contribution >= 0.6 is 0 Å². The summed E-state index contributed by atoms with van der Waals surface area (Å²) >= 11 is 0. The monoisotopic (exact) mass is 159 g/mol. The van der Waals surface area contributed by atoms with E-state index in [9.17, 15) is 0 Å². The fourth-order valence-electron chi connectivity index (χ4n) is 1.24. The molecule has 3 nitrogen and oxygen atoms in total. The average molecular weight is 159 g/mol. The smallest absolute Gasteiger partial charge is 0.116 e. The Morgan fingerprint density at radius 1 is 1.33 bits per heavy atom. The van der Waals surface area contributed by atoms with E-state index in [4.69, 9.17) is 0 Å². The van der Waals surface area contributed by atoms with Gasteiger partial charge in [-0.05, 0) is 18.1 Å². The van der Waals surface area contributed by atoms with Gasteiger partial charge in [-0.3, -0.25) is 4.98 Å². The summed E-state index contributed by atoms with van der Waals surface area (Å²) in [5.41, 5.74) is 3.06. The summed E-state index contributed by atoms with van der Waals surface area (Å²) in [4.78, 5) is 12.3. The summed E-state index contributed by atoms with van der Waals surface area (Å²) in [6, 6.07) is 2.00. The third kappa shape index (κ3) is 1.03. The fraction of sp³-hybridized carbons (Fsp3) is 0.222. The predicted molar refractivity (Wildman–Crippen MR) is 46.7 cm³/mol. The lowest BCUT2D eigenvalue weighted by atomic mass is 10.2. The van der Waals surface area contributed by atoms with Crippen LogP contribution in [0.4, 0.5) is 0 Å². The lowest BCUT2D eigenvalue weighted by Crippen LogP contribution is -1.89. The molecule has 0 saturated heterocycles. The highest BCUT2D eigenvalue weighted by Crippen LogP contribution is 2.11. The lowest BCUT2D eigenvalue weighted by Gasteiger charge is -1.99. The number of aryl methyl sites for hydroxylation is 1. The maximum absolute atomic E-state index is 4.18. The van der Waals surface area contributed by atoms with Crippen molar-refractivity contribution in [2.24, 2.45) is 0 Å². The van der Waals surface area contributed by atoms with Gasteiger partial charge in [0.25, 0.3) is 0 Å². The Bertz CT molecular complexity index is 392. The van der Waals surface area contributed by atoms with Crippen molar-refractivity contribution in [3.63, 3.8) is 0 Å².